The Labute approximate surface area is 129 Å². The second-order valence-corrected chi connectivity index (χ2v) is 5.38. The molecule has 22 heavy (non-hydrogen) atoms. The van der Waals surface area contributed by atoms with Gasteiger partial charge in [0, 0.05) is 24.2 Å². The average Bonchev–Trinajstić information content (AvgIpc) is 2.53. The molecule has 0 spiro atoms. The van der Waals surface area contributed by atoms with Crippen LogP contribution in [0.2, 0.25) is 0 Å². The van der Waals surface area contributed by atoms with Gasteiger partial charge in [-0.1, -0.05) is 38.1 Å². The zero-order chi connectivity index (χ0) is 16.1. The van der Waals surface area contributed by atoms with Crippen LogP contribution in [-0.2, 0) is 6.54 Å². The summed E-state index contributed by atoms with van der Waals surface area (Å²) >= 11 is 0. The molecule has 0 radical (unpaired) electrons. The van der Waals surface area contributed by atoms with Crippen LogP contribution >= 0.6 is 0 Å². The van der Waals surface area contributed by atoms with Crippen LogP contribution in [0.25, 0.3) is 0 Å². The van der Waals surface area contributed by atoms with Gasteiger partial charge in [-0.05, 0) is 29.2 Å². The molecule has 0 aliphatic carbocycles. The molecule has 0 bridgehead atoms. The molecule has 0 unspecified atom stereocenters. The highest BCUT2D eigenvalue weighted by Crippen LogP contribution is 2.15. The molecule has 1 N–H and O–H groups in total. The molecule has 0 atom stereocenters. The van der Waals surface area contributed by atoms with Crippen LogP contribution < -0.4 is 5.32 Å². The van der Waals surface area contributed by atoms with E-state index in [4.69, 9.17) is 0 Å². The minimum absolute atomic E-state index is 0.0270. The van der Waals surface area contributed by atoms with Gasteiger partial charge in [-0.2, -0.15) is 0 Å². The van der Waals surface area contributed by atoms with Gasteiger partial charge in [0.05, 0.1) is 4.92 Å². The van der Waals surface area contributed by atoms with Crippen LogP contribution in [0.15, 0.2) is 48.5 Å². The standard InChI is InChI=1S/C17H18N2O3/c1-12(2)14-5-3-13(4-6-14)11-18-17(20)15-7-9-16(10-8-15)19(21)22/h3-10,12H,11H2,1-2H3,(H,18,20). The number of nitro benzene ring substituents is 1. The average molecular weight is 298 g/mol. The summed E-state index contributed by atoms with van der Waals surface area (Å²) in [5.41, 5.74) is 2.65. The number of carbonyl (C=O) groups excluding carboxylic acids is 1. The first-order valence-electron chi connectivity index (χ1n) is 7.09. The Bertz CT molecular complexity index is 661. The van der Waals surface area contributed by atoms with Crippen molar-refractivity contribution in [3.05, 3.63) is 75.3 Å². The predicted molar refractivity (Wildman–Crippen MR) is 84.8 cm³/mol. The SMILES string of the molecule is CC(C)c1ccc(CNC(=O)c2ccc([N+](=O)[O-])cc2)cc1. The van der Waals surface area contributed by atoms with E-state index in [1.807, 2.05) is 12.1 Å². The molecular formula is C17H18N2O3. The number of nitrogens with zero attached hydrogens (tertiary/aromatic N) is 1. The summed E-state index contributed by atoms with van der Waals surface area (Å²) in [7, 11) is 0. The number of carbonyl (C=O) groups is 1. The number of nitrogens with one attached hydrogen (secondary N) is 1. The van der Waals surface area contributed by atoms with Crippen molar-refractivity contribution in [2.75, 3.05) is 0 Å². The van der Waals surface area contributed by atoms with E-state index < -0.39 is 4.92 Å². The van der Waals surface area contributed by atoms with Crippen molar-refractivity contribution in [2.24, 2.45) is 0 Å². The maximum Gasteiger partial charge on any atom is 0.269 e. The van der Waals surface area contributed by atoms with E-state index in [9.17, 15) is 14.9 Å². The molecule has 0 heterocycles. The fourth-order valence-corrected chi connectivity index (χ4v) is 2.04. The van der Waals surface area contributed by atoms with E-state index in [2.05, 4.69) is 31.3 Å². The molecule has 1 amide bonds. The number of hydrogen-bond donors (Lipinski definition) is 1. The van der Waals surface area contributed by atoms with E-state index in [0.29, 0.717) is 18.0 Å². The Hall–Kier alpha value is -2.69. The van der Waals surface area contributed by atoms with Crippen molar-refractivity contribution in [3.8, 4) is 0 Å². The van der Waals surface area contributed by atoms with Crippen molar-refractivity contribution in [2.45, 2.75) is 26.3 Å². The van der Waals surface area contributed by atoms with Gasteiger partial charge >= 0.3 is 0 Å². The topological polar surface area (TPSA) is 72.2 Å². The molecular weight excluding hydrogens is 280 g/mol. The number of amides is 1. The molecule has 114 valence electrons. The summed E-state index contributed by atoms with van der Waals surface area (Å²) in [5, 5.41) is 13.4. The molecule has 0 fully saturated rings. The first-order valence-corrected chi connectivity index (χ1v) is 7.09. The summed E-state index contributed by atoms with van der Waals surface area (Å²) in [6, 6.07) is 13.6. The van der Waals surface area contributed by atoms with Crippen LogP contribution in [-0.4, -0.2) is 10.8 Å². The molecule has 5 heteroatoms. The Kier molecular flexibility index (Phi) is 4.88. The summed E-state index contributed by atoms with van der Waals surface area (Å²) in [4.78, 5) is 22.1. The van der Waals surface area contributed by atoms with E-state index >= 15 is 0 Å². The summed E-state index contributed by atoms with van der Waals surface area (Å²) in [6.07, 6.45) is 0. The van der Waals surface area contributed by atoms with Crippen molar-refractivity contribution < 1.29 is 9.72 Å². The first-order chi connectivity index (χ1) is 10.5. The molecule has 5 nitrogen and oxygen atoms in total. The monoisotopic (exact) mass is 298 g/mol. The molecule has 0 saturated heterocycles. The van der Waals surface area contributed by atoms with Gasteiger partial charge in [-0.15, -0.1) is 0 Å². The lowest BCUT2D eigenvalue weighted by atomic mass is 10.0. The number of benzene rings is 2. The van der Waals surface area contributed by atoms with Crippen LogP contribution in [0.5, 0.6) is 0 Å². The highest BCUT2D eigenvalue weighted by atomic mass is 16.6. The first kappa shape index (κ1) is 15.7. The third-order valence-corrected chi connectivity index (χ3v) is 3.44. The van der Waals surface area contributed by atoms with Crippen LogP contribution in [0.1, 0.15) is 41.3 Å². The Balaban J connectivity index is 1.96. The minimum atomic E-state index is -0.488. The largest absolute Gasteiger partial charge is 0.348 e. The van der Waals surface area contributed by atoms with Crippen molar-refractivity contribution in [1.82, 2.24) is 5.32 Å². The Morgan fingerprint density at radius 1 is 1.09 bits per heavy atom. The third-order valence-electron chi connectivity index (χ3n) is 3.44. The lowest BCUT2D eigenvalue weighted by Crippen LogP contribution is -2.22. The summed E-state index contributed by atoms with van der Waals surface area (Å²) in [6.45, 7) is 4.69. The van der Waals surface area contributed by atoms with Crippen molar-refractivity contribution in [1.29, 1.82) is 0 Å². The predicted octanol–water partition coefficient (Wildman–Crippen LogP) is 3.65. The quantitative estimate of drug-likeness (QED) is 0.676. The zero-order valence-electron chi connectivity index (χ0n) is 12.6. The smallest absolute Gasteiger partial charge is 0.269 e. The highest BCUT2D eigenvalue weighted by Gasteiger charge is 2.09. The lowest BCUT2D eigenvalue weighted by Gasteiger charge is -2.08. The normalized spacial score (nSPS) is 10.5. The second kappa shape index (κ2) is 6.85. The molecule has 0 aliphatic heterocycles. The molecule has 2 rings (SSSR count). The van der Waals surface area contributed by atoms with Crippen molar-refractivity contribution >= 4 is 11.6 Å². The van der Waals surface area contributed by atoms with E-state index in [0.717, 1.165) is 5.56 Å². The maximum atomic E-state index is 12.0. The highest BCUT2D eigenvalue weighted by molar-refractivity contribution is 5.94. The van der Waals surface area contributed by atoms with E-state index in [1.54, 1.807) is 0 Å². The molecule has 0 aliphatic rings. The number of hydrogen-bond acceptors (Lipinski definition) is 3. The van der Waals surface area contributed by atoms with Gasteiger partial charge in [-0.25, -0.2) is 0 Å². The van der Waals surface area contributed by atoms with E-state index in [-0.39, 0.29) is 11.6 Å². The van der Waals surface area contributed by atoms with Crippen LogP contribution in [0, 0.1) is 10.1 Å². The van der Waals surface area contributed by atoms with Gasteiger partial charge in [0.15, 0.2) is 0 Å². The molecule has 0 saturated carbocycles. The molecule has 2 aromatic rings. The molecule has 2 aromatic carbocycles. The number of nitro groups is 1. The zero-order valence-corrected chi connectivity index (χ0v) is 12.6. The Morgan fingerprint density at radius 2 is 1.68 bits per heavy atom. The fraction of sp³-hybridized carbons (Fsp3) is 0.235. The maximum absolute atomic E-state index is 12.0. The van der Waals surface area contributed by atoms with Gasteiger partial charge in [0.1, 0.15) is 0 Å². The second-order valence-electron chi connectivity index (χ2n) is 5.38. The third kappa shape index (κ3) is 3.91. The minimum Gasteiger partial charge on any atom is -0.348 e. The summed E-state index contributed by atoms with van der Waals surface area (Å²) < 4.78 is 0. The van der Waals surface area contributed by atoms with Gasteiger partial charge in [0.25, 0.3) is 11.6 Å². The summed E-state index contributed by atoms with van der Waals surface area (Å²) in [5.74, 6) is 0.228. The molecule has 0 aromatic heterocycles. The Morgan fingerprint density at radius 3 is 2.18 bits per heavy atom. The van der Waals surface area contributed by atoms with Gasteiger partial charge in [-0.3, -0.25) is 14.9 Å². The van der Waals surface area contributed by atoms with Gasteiger partial charge < -0.3 is 5.32 Å². The number of rotatable bonds is 5. The van der Waals surface area contributed by atoms with Crippen LogP contribution in [0.4, 0.5) is 5.69 Å². The lowest BCUT2D eigenvalue weighted by molar-refractivity contribution is -0.384. The van der Waals surface area contributed by atoms with Gasteiger partial charge in [0.2, 0.25) is 0 Å². The number of non-ortho nitro benzene ring substituents is 1. The van der Waals surface area contributed by atoms with E-state index in [1.165, 1.54) is 29.8 Å². The fourth-order valence-electron chi connectivity index (χ4n) is 2.04. The van der Waals surface area contributed by atoms with Crippen LogP contribution in [0.3, 0.4) is 0 Å². The van der Waals surface area contributed by atoms with Crippen molar-refractivity contribution in [3.63, 3.8) is 0 Å².